The summed E-state index contributed by atoms with van der Waals surface area (Å²) < 4.78 is 2.08. The van der Waals surface area contributed by atoms with Crippen molar-refractivity contribution in [3.8, 4) is 0 Å². The van der Waals surface area contributed by atoms with Gasteiger partial charge < -0.3 is 0 Å². The van der Waals surface area contributed by atoms with Crippen molar-refractivity contribution in [2.75, 3.05) is 0 Å². The second-order valence-electron chi connectivity index (χ2n) is 5.41. The Labute approximate surface area is 130 Å². The number of carbonyl (C=O) groups is 1. The summed E-state index contributed by atoms with van der Waals surface area (Å²) in [6.07, 6.45) is 3.17. The molecule has 1 heterocycles. The molecule has 0 radical (unpaired) electrons. The minimum absolute atomic E-state index is 0.140. The number of aromatic amines is 1. The van der Waals surface area contributed by atoms with Gasteiger partial charge in [0.2, 0.25) is 0 Å². The van der Waals surface area contributed by atoms with Gasteiger partial charge in [-0.15, -0.1) is 0 Å². The minimum atomic E-state index is 0.140. The molecule has 3 aromatic rings. The molecular weight excluding hydrogens is 272 g/mol. The van der Waals surface area contributed by atoms with E-state index >= 15 is 0 Å². The van der Waals surface area contributed by atoms with Gasteiger partial charge in [0.05, 0.1) is 19.9 Å². The quantitative estimate of drug-likeness (QED) is 0.569. The minimum Gasteiger partial charge on any atom is -0.294 e. The number of hydrogen-bond acceptors (Lipinski definition) is 1. The number of H-pyrrole nitrogens is 1. The van der Waals surface area contributed by atoms with Crippen LogP contribution < -0.4 is 4.57 Å². The Balaban J connectivity index is 1.75. The third-order valence-electron chi connectivity index (χ3n) is 3.89. The van der Waals surface area contributed by atoms with Gasteiger partial charge in [-0.1, -0.05) is 60.7 Å². The molecular formula is C19H19N2O+. The lowest BCUT2D eigenvalue weighted by molar-refractivity contribution is -0.684. The van der Waals surface area contributed by atoms with Crippen LogP contribution in [0.15, 0.2) is 66.9 Å². The standard InChI is InChI=1S/C19H18N2O/c1-21-17(13-18(22)16-10-6-3-7-11-16)14-20-19(21)12-15-8-4-2-5-9-15/h2-11,14H,12-13H2,1H3/p+1. The fourth-order valence-electron chi connectivity index (χ4n) is 2.55. The molecule has 2 aromatic carbocycles. The van der Waals surface area contributed by atoms with Crippen LogP contribution in [-0.4, -0.2) is 10.8 Å². The van der Waals surface area contributed by atoms with E-state index in [1.54, 1.807) is 0 Å². The van der Waals surface area contributed by atoms with E-state index in [0.717, 1.165) is 23.5 Å². The maximum atomic E-state index is 12.3. The molecule has 0 amide bonds. The number of rotatable bonds is 5. The molecule has 22 heavy (non-hydrogen) atoms. The molecule has 0 saturated heterocycles. The zero-order chi connectivity index (χ0) is 15.4. The van der Waals surface area contributed by atoms with Crippen molar-refractivity contribution in [3.63, 3.8) is 0 Å². The molecule has 3 rings (SSSR count). The highest BCUT2D eigenvalue weighted by Crippen LogP contribution is 2.08. The van der Waals surface area contributed by atoms with Gasteiger partial charge in [-0.05, 0) is 5.56 Å². The Morgan fingerprint density at radius 2 is 1.64 bits per heavy atom. The molecule has 1 N–H and O–H groups in total. The van der Waals surface area contributed by atoms with E-state index in [4.69, 9.17) is 0 Å². The fourth-order valence-corrected chi connectivity index (χ4v) is 2.55. The molecule has 3 heteroatoms. The van der Waals surface area contributed by atoms with Crippen LogP contribution in [0, 0.1) is 0 Å². The SMILES string of the molecule is C[n+]1c(CC(=O)c2ccccc2)c[nH]c1Cc1ccccc1. The summed E-state index contributed by atoms with van der Waals surface area (Å²) in [5.74, 6) is 1.24. The van der Waals surface area contributed by atoms with E-state index in [2.05, 4.69) is 21.7 Å². The zero-order valence-corrected chi connectivity index (χ0v) is 12.6. The molecule has 1 aromatic heterocycles. The van der Waals surface area contributed by atoms with Gasteiger partial charge in [0.25, 0.3) is 5.82 Å². The zero-order valence-electron chi connectivity index (χ0n) is 12.6. The topological polar surface area (TPSA) is 36.7 Å². The van der Waals surface area contributed by atoms with Crippen LogP contribution >= 0.6 is 0 Å². The number of carbonyl (C=O) groups excluding carboxylic acids is 1. The van der Waals surface area contributed by atoms with Gasteiger partial charge in [0.15, 0.2) is 5.78 Å². The Kier molecular flexibility index (Phi) is 4.15. The first kappa shape index (κ1) is 14.3. The number of nitrogens with zero attached hydrogens (tertiary/aromatic N) is 1. The van der Waals surface area contributed by atoms with Crippen LogP contribution in [0.4, 0.5) is 0 Å². The Morgan fingerprint density at radius 3 is 2.32 bits per heavy atom. The predicted octanol–water partition coefficient (Wildman–Crippen LogP) is 2.86. The number of nitrogens with one attached hydrogen (secondary N) is 1. The molecule has 0 fully saturated rings. The Hall–Kier alpha value is -2.68. The number of ketones is 1. The van der Waals surface area contributed by atoms with Crippen molar-refractivity contribution in [2.24, 2.45) is 7.05 Å². The molecule has 110 valence electrons. The summed E-state index contributed by atoms with van der Waals surface area (Å²) >= 11 is 0. The Morgan fingerprint density at radius 1 is 1.00 bits per heavy atom. The maximum absolute atomic E-state index is 12.3. The van der Waals surface area contributed by atoms with Crippen molar-refractivity contribution in [1.29, 1.82) is 0 Å². The molecule has 0 saturated carbocycles. The summed E-state index contributed by atoms with van der Waals surface area (Å²) in [6, 6.07) is 19.7. The van der Waals surface area contributed by atoms with Crippen LogP contribution in [-0.2, 0) is 19.9 Å². The summed E-state index contributed by atoms with van der Waals surface area (Å²) in [7, 11) is 2.00. The van der Waals surface area contributed by atoms with E-state index in [1.807, 2.05) is 61.8 Å². The van der Waals surface area contributed by atoms with Gasteiger partial charge in [-0.3, -0.25) is 4.79 Å². The monoisotopic (exact) mass is 291 g/mol. The molecule has 0 atom stereocenters. The van der Waals surface area contributed by atoms with Crippen LogP contribution in [0.2, 0.25) is 0 Å². The van der Waals surface area contributed by atoms with Gasteiger partial charge >= 0.3 is 0 Å². The summed E-state index contributed by atoms with van der Waals surface area (Å²) in [5.41, 5.74) is 3.01. The number of imidazole rings is 1. The highest BCUT2D eigenvalue weighted by Gasteiger charge is 2.18. The predicted molar refractivity (Wildman–Crippen MR) is 85.7 cm³/mol. The van der Waals surface area contributed by atoms with Crippen molar-refractivity contribution in [1.82, 2.24) is 4.98 Å². The number of benzene rings is 2. The lowest BCUT2D eigenvalue weighted by Crippen LogP contribution is -2.36. The van der Waals surface area contributed by atoms with E-state index in [1.165, 1.54) is 5.56 Å². The summed E-state index contributed by atoms with van der Waals surface area (Å²) in [5, 5.41) is 0. The summed E-state index contributed by atoms with van der Waals surface area (Å²) in [6.45, 7) is 0. The normalized spacial score (nSPS) is 10.6. The van der Waals surface area contributed by atoms with Gasteiger partial charge in [-0.2, -0.15) is 0 Å². The van der Waals surface area contributed by atoms with E-state index in [0.29, 0.717) is 6.42 Å². The second-order valence-corrected chi connectivity index (χ2v) is 5.41. The lowest BCUT2D eigenvalue weighted by atomic mass is 10.1. The molecule has 3 nitrogen and oxygen atoms in total. The van der Waals surface area contributed by atoms with Gasteiger partial charge in [0, 0.05) is 5.56 Å². The average Bonchev–Trinajstić information content (AvgIpc) is 2.90. The van der Waals surface area contributed by atoms with Crippen LogP contribution in [0.5, 0.6) is 0 Å². The lowest BCUT2D eigenvalue weighted by Gasteiger charge is -2.00. The molecule has 0 spiro atoms. The smallest absolute Gasteiger partial charge is 0.258 e. The van der Waals surface area contributed by atoms with Crippen LogP contribution in [0.1, 0.15) is 27.4 Å². The van der Waals surface area contributed by atoms with Crippen molar-refractivity contribution < 1.29 is 9.36 Å². The van der Waals surface area contributed by atoms with Gasteiger partial charge in [-0.25, -0.2) is 9.55 Å². The van der Waals surface area contributed by atoms with Crippen molar-refractivity contribution >= 4 is 5.78 Å². The van der Waals surface area contributed by atoms with Gasteiger partial charge in [0.1, 0.15) is 11.9 Å². The number of hydrogen-bond donors (Lipinski definition) is 1. The third-order valence-corrected chi connectivity index (χ3v) is 3.89. The molecule has 0 aliphatic heterocycles. The first-order valence-corrected chi connectivity index (χ1v) is 7.41. The van der Waals surface area contributed by atoms with Crippen LogP contribution in [0.3, 0.4) is 0 Å². The maximum Gasteiger partial charge on any atom is 0.258 e. The molecule has 0 aliphatic carbocycles. The van der Waals surface area contributed by atoms with Crippen molar-refractivity contribution in [2.45, 2.75) is 12.8 Å². The highest BCUT2D eigenvalue weighted by atomic mass is 16.1. The fraction of sp³-hybridized carbons (Fsp3) is 0.158. The first-order chi connectivity index (χ1) is 10.7. The average molecular weight is 291 g/mol. The molecule has 0 unspecified atom stereocenters. The van der Waals surface area contributed by atoms with E-state index in [9.17, 15) is 4.79 Å². The van der Waals surface area contributed by atoms with E-state index in [-0.39, 0.29) is 5.78 Å². The van der Waals surface area contributed by atoms with Crippen LogP contribution in [0.25, 0.3) is 0 Å². The Bertz CT molecular complexity index is 761. The molecule has 0 bridgehead atoms. The third kappa shape index (κ3) is 3.14. The second kappa shape index (κ2) is 6.39. The molecule has 0 aliphatic rings. The summed E-state index contributed by atoms with van der Waals surface area (Å²) in [4.78, 5) is 15.6. The van der Waals surface area contributed by atoms with E-state index < -0.39 is 0 Å². The number of aromatic nitrogens is 2. The largest absolute Gasteiger partial charge is 0.294 e. The number of Topliss-reactive ketones (excluding diaryl/α,β-unsaturated/α-hetero) is 1. The highest BCUT2D eigenvalue weighted by molar-refractivity contribution is 5.97. The van der Waals surface area contributed by atoms with Crippen molar-refractivity contribution in [3.05, 3.63) is 89.5 Å². The first-order valence-electron chi connectivity index (χ1n) is 7.41.